The molecule has 1 N–H and O–H groups in total. The molecule has 1 atom stereocenters. The predicted molar refractivity (Wildman–Crippen MR) is 71.0 cm³/mol. The standard InChI is InChI=1S/C14H14ClNO2/c1-9-3-4-10(7-12(9)15)14(17)11-5-6-16-8-13(11)18-2/h3-8,14,17H,1-2H3. The van der Waals surface area contributed by atoms with E-state index >= 15 is 0 Å². The van der Waals surface area contributed by atoms with E-state index in [-0.39, 0.29) is 0 Å². The summed E-state index contributed by atoms with van der Waals surface area (Å²) in [6.07, 6.45) is 2.42. The van der Waals surface area contributed by atoms with Crippen LogP contribution in [0.4, 0.5) is 0 Å². The second-order valence-electron chi connectivity index (χ2n) is 4.03. The zero-order chi connectivity index (χ0) is 13.1. The summed E-state index contributed by atoms with van der Waals surface area (Å²) in [6.45, 7) is 1.92. The molecule has 1 aromatic heterocycles. The van der Waals surface area contributed by atoms with Crippen LogP contribution in [0.25, 0.3) is 0 Å². The summed E-state index contributed by atoms with van der Waals surface area (Å²) in [5.74, 6) is 0.557. The van der Waals surface area contributed by atoms with Crippen LogP contribution in [0.1, 0.15) is 22.8 Å². The molecule has 0 aliphatic heterocycles. The number of pyridine rings is 1. The van der Waals surface area contributed by atoms with E-state index in [1.807, 2.05) is 19.1 Å². The van der Waals surface area contributed by atoms with E-state index in [2.05, 4.69) is 4.98 Å². The van der Waals surface area contributed by atoms with Crippen molar-refractivity contribution in [1.29, 1.82) is 0 Å². The number of halogens is 1. The first-order valence-electron chi connectivity index (χ1n) is 5.55. The summed E-state index contributed by atoms with van der Waals surface area (Å²) < 4.78 is 5.19. The molecule has 18 heavy (non-hydrogen) atoms. The number of aromatic nitrogens is 1. The topological polar surface area (TPSA) is 42.4 Å². The molecule has 0 bridgehead atoms. The SMILES string of the molecule is COc1cnccc1C(O)c1ccc(C)c(Cl)c1. The van der Waals surface area contributed by atoms with Gasteiger partial charge in [-0.1, -0.05) is 23.7 Å². The molecule has 94 valence electrons. The summed E-state index contributed by atoms with van der Waals surface area (Å²) >= 11 is 6.06. The number of nitrogens with zero attached hydrogens (tertiary/aromatic N) is 1. The molecule has 3 nitrogen and oxygen atoms in total. The first-order valence-corrected chi connectivity index (χ1v) is 5.93. The minimum absolute atomic E-state index is 0.557. The van der Waals surface area contributed by atoms with Crippen molar-refractivity contribution in [3.05, 3.63) is 58.4 Å². The average Bonchev–Trinajstić information content (AvgIpc) is 2.41. The van der Waals surface area contributed by atoms with Crippen molar-refractivity contribution < 1.29 is 9.84 Å². The lowest BCUT2D eigenvalue weighted by Gasteiger charge is -2.15. The van der Waals surface area contributed by atoms with Crippen LogP contribution in [0.2, 0.25) is 5.02 Å². The van der Waals surface area contributed by atoms with Crippen molar-refractivity contribution in [3.8, 4) is 5.75 Å². The highest BCUT2D eigenvalue weighted by atomic mass is 35.5. The monoisotopic (exact) mass is 263 g/mol. The minimum Gasteiger partial charge on any atom is -0.495 e. The molecular formula is C14H14ClNO2. The molecule has 0 saturated carbocycles. The highest BCUT2D eigenvalue weighted by Gasteiger charge is 2.15. The Morgan fingerprint density at radius 1 is 1.33 bits per heavy atom. The number of methoxy groups -OCH3 is 1. The lowest BCUT2D eigenvalue weighted by molar-refractivity contribution is 0.214. The average molecular weight is 264 g/mol. The highest BCUT2D eigenvalue weighted by Crippen LogP contribution is 2.30. The molecule has 0 aliphatic carbocycles. The highest BCUT2D eigenvalue weighted by molar-refractivity contribution is 6.31. The van der Waals surface area contributed by atoms with Crippen LogP contribution in [0.5, 0.6) is 5.75 Å². The van der Waals surface area contributed by atoms with E-state index in [4.69, 9.17) is 16.3 Å². The number of hydrogen-bond acceptors (Lipinski definition) is 3. The number of aliphatic hydroxyl groups is 1. The Morgan fingerprint density at radius 2 is 2.11 bits per heavy atom. The van der Waals surface area contributed by atoms with Gasteiger partial charge in [0.1, 0.15) is 11.9 Å². The molecule has 1 aromatic carbocycles. The summed E-state index contributed by atoms with van der Waals surface area (Å²) in [7, 11) is 1.55. The predicted octanol–water partition coefficient (Wildman–Crippen LogP) is 3.13. The summed E-state index contributed by atoms with van der Waals surface area (Å²) in [5.41, 5.74) is 2.39. The fourth-order valence-electron chi connectivity index (χ4n) is 1.75. The van der Waals surface area contributed by atoms with Gasteiger partial charge in [0.25, 0.3) is 0 Å². The molecular weight excluding hydrogens is 250 g/mol. The van der Waals surface area contributed by atoms with E-state index in [0.29, 0.717) is 16.3 Å². The number of ether oxygens (including phenoxy) is 1. The third-order valence-corrected chi connectivity index (χ3v) is 3.25. The van der Waals surface area contributed by atoms with Crippen LogP contribution < -0.4 is 4.74 Å². The summed E-state index contributed by atoms with van der Waals surface area (Å²) in [5, 5.41) is 11.0. The lowest BCUT2D eigenvalue weighted by atomic mass is 10.0. The lowest BCUT2D eigenvalue weighted by Crippen LogP contribution is -2.03. The molecule has 0 saturated heterocycles. The third-order valence-electron chi connectivity index (χ3n) is 2.84. The third kappa shape index (κ3) is 2.47. The number of hydrogen-bond donors (Lipinski definition) is 1. The first-order chi connectivity index (χ1) is 8.63. The second kappa shape index (κ2) is 5.38. The molecule has 0 spiro atoms. The van der Waals surface area contributed by atoms with Crippen molar-refractivity contribution in [1.82, 2.24) is 4.98 Å². The summed E-state index contributed by atoms with van der Waals surface area (Å²) in [6, 6.07) is 7.24. The van der Waals surface area contributed by atoms with Gasteiger partial charge in [0.15, 0.2) is 0 Å². The maximum Gasteiger partial charge on any atom is 0.143 e. The molecule has 4 heteroatoms. The van der Waals surface area contributed by atoms with Gasteiger partial charge in [-0.05, 0) is 30.2 Å². The van der Waals surface area contributed by atoms with Crippen molar-refractivity contribution in [2.24, 2.45) is 0 Å². The second-order valence-corrected chi connectivity index (χ2v) is 4.44. The molecule has 0 fully saturated rings. The molecule has 2 aromatic rings. The van der Waals surface area contributed by atoms with Crippen LogP contribution in [0.3, 0.4) is 0 Å². The molecule has 1 unspecified atom stereocenters. The van der Waals surface area contributed by atoms with Gasteiger partial charge < -0.3 is 9.84 Å². The summed E-state index contributed by atoms with van der Waals surface area (Å²) in [4.78, 5) is 3.96. The van der Waals surface area contributed by atoms with Crippen molar-refractivity contribution >= 4 is 11.6 Å². The van der Waals surface area contributed by atoms with E-state index in [1.165, 1.54) is 0 Å². The zero-order valence-corrected chi connectivity index (χ0v) is 11.0. The van der Waals surface area contributed by atoms with E-state index in [1.54, 1.807) is 31.6 Å². The Bertz CT molecular complexity index is 557. The molecule has 0 radical (unpaired) electrons. The number of rotatable bonds is 3. The van der Waals surface area contributed by atoms with Gasteiger partial charge in [-0.2, -0.15) is 0 Å². The van der Waals surface area contributed by atoms with Crippen molar-refractivity contribution in [2.75, 3.05) is 7.11 Å². The van der Waals surface area contributed by atoms with Crippen LogP contribution in [-0.2, 0) is 0 Å². The van der Waals surface area contributed by atoms with E-state index in [0.717, 1.165) is 11.1 Å². The Hall–Kier alpha value is -1.58. The largest absolute Gasteiger partial charge is 0.495 e. The van der Waals surface area contributed by atoms with Crippen LogP contribution in [0, 0.1) is 6.92 Å². The van der Waals surface area contributed by atoms with Crippen LogP contribution in [-0.4, -0.2) is 17.2 Å². The fraction of sp³-hybridized carbons (Fsp3) is 0.214. The van der Waals surface area contributed by atoms with Gasteiger partial charge in [0.2, 0.25) is 0 Å². The first kappa shape index (κ1) is 12.9. The normalized spacial score (nSPS) is 12.2. The van der Waals surface area contributed by atoms with E-state index < -0.39 is 6.10 Å². The van der Waals surface area contributed by atoms with E-state index in [9.17, 15) is 5.11 Å². The Kier molecular flexibility index (Phi) is 3.84. The number of benzene rings is 1. The van der Waals surface area contributed by atoms with Gasteiger partial charge >= 0.3 is 0 Å². The van der Waals surface area contributed by atoms with Gasteiger partial charge in [-0.15, -0.1) is 0 Å². The van der Waals surface area contributed by atoms with Gasteiger partial charge in [0.05, 0.1) is 13.3 Å². The Balaban J connectivity index is 2.41. The number of aryl methyl sites for hydroxylation is 1. The quantitative estimate of drug-likeness (QED) is 0.925. The molecule has 2 rings (SSSR count). The van der Waals surface area contributed by atoms with Crippen LogP contribution in [0.15, 0.2) is 36.7 Å². The van der Waals surface area contributed by atoms with Gasteiger partial charge in [-0.3, -0.25) is 4.98 Å². The maximum absolute atomic E-state index is 10.4. The van der Waals surface area contributed by atoms with Crippen LogP contribution >= 0.6 is 11.6 Å². The molecule has 1 heterocycles. The maximum atomic E-state index is 10.4. The molecule has 0 aliphatic rings. The van der Waals surface area contributed by atoms with Gasteiger partial charge in [-0.25, -0.2) is 0 Å². The number of aliphatic hydroxyl groups excluding tert-OH is 1. The Labute approximate surface area is 111 Å². The van der Waals surface area contributed by atoms with Crippen molar-refractivity contribution in [2.45, 2.75) is 13.0 Å². The zero-order valence-electron chi connectivity index (χ0n) is 10.2. The fourth-order valence-corrected chi connectivity index (χ4v) is 1.93. The van der Waals surface area contributed by atoms with Crippen molar-refractivity contribution in [3.63, 3.8) is 0 Å². The molecule has 0 amide bonds. The van der Waals surface area contributed by atoms with Gasteiger partial charge in [0, 0.05) is 16.8 Å². The smallest absolute Gasteiger partial charge is 0.143 e. The Morgan fingerprint density at radius 3 is 2.78 bits per heavy atom. The minimum atomic E-state index is -0.777.